The summed E-state index contributed by atoms with van der Waals surface area (Å²) in [5.41, 5.74) is 2.04. The molecule has 3 aromatic rings. The molecule has 0 aliphatic carbocycles. The lowest BCUT2D eigenvalue weighted by atomic mass is 10.1. The quantitative estimate of drug-likeness (QED) is 0.156. The molecule has 3 rings (SSSR count). The van der Waals surface area contributed by atoms with Crippen LogP contribution in [0.5, 0.6) is 17.2 Å². The standard InChI is InChI=1S/C27H24ClIN2O4/c1-3-12-34-26-24(29)14-18(15-25(26)33-2)13-20(16-30)27(32)31-21-8-10-22(11-9-21)35-17-19-6-4-5-7-23(19)28/h4-11,13-15H,3,12,17H2,1-2H3,(H,31,32)/b20-13+. The van der Waals surface area contributed by atoms with Crippen LogP contribution in [-0.4, -0.2) is 19.6 Å². The molecule has 0 saturated heterocycles. The normalized spacial score (nSPS) is 10.9. The van der Waals surface area contributed by atoms with Gasteiger partial charge in [0.1, 0.15) is 24.0 Å². The average molecular weight is 603 g/mol. The molecule has 35 heavy (non-hydrogen) atoms. The number of nitrogens with zero attached hydrogens (tertiary/aromatic N) is 1. The summed E-state index contributed by atoms with van der Waals surface area (Å²) >= 11 is 8.30. The molecule has 3 aromatic carbocycles. The van der Waals surface area contributed by atoms with Gasteiger partial charge in [-0.05, 0) is 83.1 Å². The minimum absolute atomic E-state index is 0.0378. The van der Waals surface area contributed by atoms with Crippen LogP contribution in [0.25, 0.3) is 6.08 Å². The molecule has 0 aliphatic rings. The van der Waals surface area contributed by atoms with Gasteiger partial charge in [-0.15, -0.1) is 0 Å². The van der Waals surface area contributed by atoms with Crippen molar-refractivity contribution in [2.24, 2.45) is 0 Å². The van der Waals surface area contributed by atoms with Crippen molar-refractivity contribution in [1.29, 1.82) is 5.26 Å². The first kappa shape index (κ1) is 26.4. The van der Waals surface area contributed by atoms with Crippen molar-refractivity contribution < 1.29 is 19.0 Å². The van der Waals surface area contributed by atoms with Gasteiger partial charge in [0.2, 0.25) is 0 Å². The lowest BCUT2D eigenvalue weighted by Gasteiger charge is -2.13. The molecule has 0 atom stereocenters. The summed E-state index contributed by atoms with van der Waals surface area (Å²) in [6.07, 6.45) is 2.39. The van der Waals surface area contributed by atoms with Gasteiger partial charge in [-0.1, -0.05) is 36.7 Å². The fraction of sp³-hybridized carbons (Fsp3) is 0.185. The zero-order chi connectivity index (χ0) is 25.2. The van der Waals surface area contributed by atoms with E-state index in [0.717, 1.165) is 15.6 Å². The summed E-state index contributed by atoms with van der Waals surface area (Å²) in [5.74, 6) is 1.30. The molecule has 0 radical (unpaired) electrons. The van der Waals surface area contributed by atoms with E-state index < -0.39 is 5.91 Å². The van der Waals surface area contributed by atoms with Crippen LogP contribution in [0.15, 0.2) is 66.2 Å². The molecule has 1 N–H and O–H groups in total. The van der Waals surface area contributed by atoms with Crippen LogP contribution in [0, 0.1) is 14.9 Å². The number of ether oxygens (including phenoxy) is 3. The molecular weight excluding hydrogens is 579 g/mol. The lowest BCUT2D eigenvalue weighted by molar-refractivity contribution is -0.112. The minimum atomic E-state index is -0.516. The van der Waals surface area contributed by atoms with Crippen molar-refractivity contribution in [3.8, 4) is 23.3 Å². The number of methoxy groups -OCH3 is 1. The zero-order valence-corrected chi connectivity index (χ0v) is 22.2. The topological polar surface area (TPSA) is 80.6 Å². The first-order chi connectivity index (χ1) is 16.9. The maximum atomic E-state index is 12.7. The second kappa shape index (κ2) is 13.0. The SMILES string of the molecule is CCCOc1c(I)cc(/C=C(\C#N)C(=O)Nc2ccc(OCc3ccccc3Cl)cc2)cc1OC. The number of nitrogens with one attached hydrogen (secondary N) is 1. The number of halogens is 2. The molecule has 0 spiro atoms. The Labute approximate surface area is 223 Å². The molecule has 0 bridgehead atoms. The van der Waals surface area contributed by atoms with Crippen LogP contribution in [0.3, 0.4) is 0 Å². The van der Waals surface area contributed by atoms with Gasteiger partial charge in [0.05, 0.1) is 17.3 Å². The van der Waals surface area contributed by atoms with Crippen LogP contribution < -0.4 is 19.5 Å². The third kappa shape index (κ3) is 7.38. The smallest absolute Gasteiger partial charge is 0.266 e. The Morgan fingerprint density at radius 2 is 1.89 bits per heavy atom. The Balaban J connectivity index is 1.68. The third-order valence-corrected chi connectivity index (χ3v) is 6.01. The molecule has 180 valence electrons. The van der Waals surface area contributed by atoms with E-state index in [-0.39, 0.29) is 5.57 Å². The van der Waals surface area contributed by atoms with Crippen molar-refractivity contribution in [3.05, 3.63) is 86.0 Å². The second-order valence-electron chi connectivity index (χ2n) is 7.41. The summed E-state index contributed by atoms with van der Waals surface area (Å²) in [5, 5.41) is 13.0. The highest BCUT2D eigenvalue weighted by molar-refractivity contribution is 14.1. The van der Waals surface area contributed by atoms with E-state index in [1.54, 1.807) is 37.4 Å². The van der Waals surface area contributed by atoms with Gasteiger partial charge in [-0.2, -0.15) is 5.26 Å². The van der Waals surface area contributed by atoms with Gasteiger partial charge in [-0.3, -0.25) is 4.79 Å². The first-order valence-electron chi connectivity index (χ1n) is 10.8. The largest absolute Gasteiger partial charge is 0.493 e. The molecule has 0 fully saturated rings. The second-order valence-corrected chi connectivity index (χ2v) is 8.98. The summed E-state index contributed by atoms with van der Waals surface area (Å²) in [6.45, 7) is 2.92. The van der Waals surface area contributed by atoms with Crippen molar-refractivity contribution in [1.82, 2.24) is 0 Å². The van der Waals surface area contributed by atoms with Gasteiger partial charge >= 0.3 is 0 Å². The number of hydrogen-bond acceptors (Lipinski definition) is 5. The molecule has 0 aromatic heterocycles. The molecular formula is C27H24ClIN2O4. The summed E-state index contributed by atoms with van der Waals surface area (Å²) in [7, 11) is 1.55. The predicted molar refractivity (Wildman–Crippen MR) is 146 cm³/mol. The van der Waals surface area contributed by atoms with E-state index >= 15 is 0 Å². The Kier molecular flexibility index (Phi) is 9.82. The number of carbonyl (C=O) groups is 1. The summed E-state index contributed by atoms with van der Waals surface area (Å²) in [4.78, 5) is 12.7. The number of amides is 1. The van der Waals surface area contributed by atoms with Crippen LogP contribution in [0.2, 0.25) is 5.02 Å². The molecule has 1 amide bonds. The van der Waals surface area contributed by atoms with Crippen molar-refractivity contribution >= 4 is 51.9 Å². The monoisotopic (exact) mass is 602 g/mol. The Hall–Kier alpha value is -3.22. The highest BCUT2D eigenvalue weighted by Gasteiger charge is 2.14. The van der Waals surface area contributed by atoms with Gasteiger partial charge < -0.3 is 19.5 Å². The minimum Gasteiger partial charge on any atom is -0.493 e. The van der Waals surface area contributed by atoms with Crippen LogP contribution in [-0.2, 0) is 11.4 Å². The first-order valence-corrected chi connectivity index (χ1v) is 12.3. The number of hydrogen-bond donors (Lipinski definition) is 1. The molecule has 0 aliphatic heterocycles. The van der Waals surface area contributed by atoms with Gasteiger partial charge in [0, 0.05) is 16.3 Å². The van der Waals surface area contributed by atoms with Crippen molar-refractivity contribution in [2.75, 3.05) is 19.0 Å². The molecule has 0 saturated carbocycles. The fourth-order valence-corrected chi connectivity index (χ4v) is 4.06. The van der Waals surface area contributed by atoms with Crippen LogP contribution >= 0.6 is 34.2 Å². The van der Waals surface area contributed by atoms with Gasteiger partial charge in [0.15, 0.2) is 11.5 Å². The maximum absolute atomic E-state index is 12.7. The van der Waals surface area contributed by atoms with E-state index in [1.807, 2.05) is 43.3 Å². The van der Waals surface area contributed by atoms with E-state index in [2.05, 4.69) is 27.9 Å². The third-order valence-electron chi connectivity index (χ3n) is 4.84. The number of nitriles is 1. The number of anilines is 1. The Morgan fingerprint density at radius 1 is 1.14 bits per heavy atom. The zero-order valence-electron chi connectivity index (χ0n) is 19.3. The lowest BCUT2D eigenvalue weighted by Crippen LogP contribution is -2.13. The van der Waals surface area contributed by atoms with Crippen molar-refractivity contribution in [3.63, 3.8) is 0 Å². The van der Waals surface area contributed by atoms with E-state index in [1.165, 1.54) is 6.08 Å². The average Bonchev–Trinajstić information content (AvgIpc) is 2.86. The van der Waals surface area contributed by atoms with Crippen LogP contribution in [0.4, 0.5) is 5.69 Å². The van der Waals surface area contributed by atoms with Gasteiger partial charge in [0.25, 0.3) is 5.91 Å². The number of carbonyl (C=O) groups excluding carboxylic acids is 1. The molecule has 8 heteroatoms. The van der Waals surface area contributed by atoms with E-state index in [4.69, 9.17) is 25.8 Å². The highest BCUT2D eigenvalue weighted by Crippen LogP contribution is 2.34. The number of rotatable bonds is 10. The summed E-state index contributed by atoms with van der Waals surface area (Å²) < 4.78 is 17.8. The highest BCUT2D eigenvalue weighted by atomic mass is 127. The molecule has 0 unspecified atom stereocenters. The van der Waals surface area contributed by atoms with E-state index in [9.17, 15) is 10.1 Å². The van der Waals surface area contributed by atoms with E-state index in [0.29, 0.717) is 46.7 Å². The van der Waals surface area contributed by atoms with Crippen molar-refractivity contribution in [2.45, 2.75) is 20.0 Å². The molecule has 0 heterocycles. The molecule has 6 nitrogen and oxygen atoms in total. The predicted octanol–water partition coefficient (Wildman–Crippen LogP) is 6.87. The van der Waals surface area contributed by atoms with Gasteiger partial charge in [-0.25, -0.2) is 0 Å². The Morgan fingerprint density at radius 3 is 2.54 bits per heavy atom. The maximum Gasteiger partial charge on any atom is 0.266 e. The van der Waals surface area contributed by atoms with Crippen LogP contribution in [0.1, 0.15) is 24.5 Å². The Bertz CT molecular complexity index is 1250. The summed E-state index contributed by atoms with van der Waals surface area (Å²) in [6, 6.07) is 19.9. The fourth-order valence-electron chi connectivity index (χ4n) is 3.09. The number of benzene rings is 3.